The van der Waals surface area contributed by atoms with Gasteiger partial charge in [0, 0.05) is 23.7 Å². The van der Waals surface area contributed by atoms with Gasteiger partial charge < -0.3 is 4.90 Å². The highest BCUT2D eigenvalue weighted by Gasteiger charge is 2.29. The van der Waals surface area contributed by atoms with Crippen LogP contribution < -0.4 is 0 Å². The van der Waals surface area contributed by atoms with Crippen molar-refractivity contribution in [1.29, 1.82) is 0 Å². The lowest BCUT2D eigenvalue weighted by Crippen LogP contribution is -2.28. The maximum absolute atomic E-state index is 11.8. The van der Waals surface area contributed by atoms with E-state index in [1.165, 1.54) is 0 Å². The number of carbonyl (C=O) groups is 1. The van der Waals surface area contributed by atoms with Crippen LogP contribution in [0.4, 0.5) is 0 Å². The maximum Gasteiger partial charge on any atom is 0.253 e. The van der Waals surface area contributed by atoms with Crippen molar-refractivity contribution in [2.24, 2.45) is 0 Å². The molecule has 0 aliphatic heterocycles. The van der Waals surface area contributed by atoms with Crippen molar-refractivity contribution in [3.63, 3.8) is 0 Å². The van der Waals surface area contributed by atoms with Gasteiger partial charge >= 0.3 is 0 Å². The van der Waals surface area contributed by atoms with E-state index < -0.39 is 0 Å². The first-order chi connectivity index (χ1) is 6.68. The summed E-state index contributed by atoms with van der Waals surface area (Å²) in [6, 6.07) is 7.53. The summed E-state index contributed by atoms with van der Waals surface area (Å²) in [5.41, 5.74) is 0.673. The lowest BCUT2D eigenvalue weighted by atomic mass is 10.2. The molecular weight excluding hydrogens is 198 g/mol. The van der Waals surface area contributed by atoms with Crippen LogP contribution in [0.5, 0.6) is 0 Å². The van der Waals surface area contributed by atoms with Gasteiger partial charge in [0.1, 0.15) is 0 Å². The van der Waals surface area contributed by atoms with E-state index in [1.807, 2.05) is 7.05 Å². The van der Waals surface area contributed by atoms with Gasteiger partial charge in [-0.2, -0.15) is 0 Å². The summed E-state index contributed by atoms with van der Waals surface area (Å²) in [6.07, 6.45) is 2.26. The standard InChI is InChI=1S/C11H12ClNO/c1-13(10-5-6-10)11(14)8-3-2-4-9(12)7-8/h2-4,7,10H,5-6H2,1H3. The Balaban J connectivity index is 2.17. The molecular formula is C11H12ClNO. The van der Waals surface area contributed by atoms with Crippen LogP contribution in [0.3, 0.4) is 0 Å². The minimum atomic E-state index is 0.0648. The van der Waals surface area contributed by atoms with E-state index in [1.54, 1.807) is 29.2 Å². The molecule has 2 rings (SSSR count). The van der Waals surface area contributed by atoms with Gasteiger partial charge in [-0.3, -0.25) is 4.79 Å². The lowest BCUT2D eigenvalue weighted by molar-refractivity contribution is 0.0785. The first-order valence-electron chi connectivity index (χ1n) is 4.71. The zero-order valence-corrected chi connectivity index (χ0v) is 8.79. The van der Waals surface area contributed by atoms with Crippen molar-refractivity contribution in [3.05, 3.63) is 34.9 Å². The van der Waals surface area contributed by atoms with Crippen molar-refractivity contribution < 1.29 is 4.79 Å². The van der Waals surface area contributed by atoms with Crippen molar-refractivity contribution in [3.8, 4) is 0 Å². The molecule has 2 nitrogen and oxygen atoms in total. The zero-order chi connectivity index (χ0) is 10.1. The first kappa shape index (κ1) is 9.53. The Bertz CT molecular complexity index is 360. The average Bonchev–Trinajstić information content (AvgIpc) is 2.99. The number of halogens is 1. The van der Waals surface area contributed by atoms with Crippen molar-refractivity contribution in [1.82, 2.24) is 4.90 Å². The average molecular weight is 210 g/mol. The predicted octanol–water partition coefficient (Wildman–Crippen LogP) is 2.57. The predicted molar refractivity (Wildman–Crippen MR) is 56.6 cm³/mol. The van der Waals surface area contributed by atoms with Crippen molar-refractivity contribution >= 4 is 17.5 Å². The molecule has 0 heterocycles. The highest BCUT2D eigenvalue weighted by Crippen LogP contribution is 2.26. The summed E-state index contributed by atoms with van der Waals surface area (Å²) in [6.45, 7) is 0. The molecule has 0 saturated heterocycles. The van der Waals surface area contributed by atoms with E-state index in [9.17, 15) is 4.79 Å². The molecule has 1 aromatic carbocycles. The Kier molecular flexibility index (Phi) is 2.46. The van der Waals surface area contributed by atoms with Crippen molar-refractivity contribution in [2.75, 3.05) is 7.05 Å². The molecule has 3 heteroatoms. The van der Waals surface area contributed by atoms with Gasteiger partial charge in [-0.15, -0.1) is 0 Å². The molecule has 0 atom stereocenters. The Morgan fingerprint density at radius 3 is 2.79 bits per heavy atom. The minimum Gasteiger partial charge on any atom is -0.339 e. The second kappa shape index (κ2) is 3.62. The fraction of sp³-hybridized carbons (Fsp3) is 0.364. The molecule has 1 aromatic rings. The monoisotopic (exact) mass is 209 g/mol. The Labute approximate surface area is 88.5 Å². The number of nitrogens with zero attached hydrogens (tertiary/aromatic N) is 1. The topological polar surface area (TPSA) is 20.3 Å². The fourth-order valence-electron chi connectivity index (χ4n) is 1.45. The Morgan fingerprint density at radius 2 is 2.21 bits per heavy atom. The molecule has 0 N–H and O–H groups in total. The third-order valence-electron chi connectivity index (χ3n) is 2.49. The van der Waals surface area contributed by atoms with Gasteiger partial charge in [0.2, 0.25) is 0 Å². The quantitative estimate of drug-likeness (QED) is 0.733. The van der Waals surface area contributed by atoms with Crippen LogP contribution in [-0.4, -0.2) is 23.9 Å². The van der Waals surface area contributed by atoms with Crippen LogP contribution in [0.1, 0.15) is 23.2 Å². The summed E-state index contributed by atoms with van der Waals surface area (Å²) in [7, 11) is 1.85. The highest BCUT2D eigenvalue weighted by molar-refractivity contribution is 6.30. The normalized spacial score (nSPS) is 15.3. The van der Waals surface area contributed by atoms with Crippen LogP contribution in [0.2, 0.25) is 5.02 Å². The van der Waals surface area contributed by atoms with E-state index in [4.69, 9.17) is 11.6 Å². The molecule has 1 fully saturated rings. The molecule has 14 heavy (non-hydrogen) atoms. The van der Waals surface area contributed by atoms with Crippen molar-refractivity contribution in [2.45, 2.75) is 18.9 Å². The third-order valence-corrected chi connectivity index (χ3v) is 2.72. The maximum atomic E-state index is 11.8. The van der Waals surface area contributed by atoms with Gasteiger partial charge in [-0.25, -0.2) is 0 Å². The number of benzene rings is 1. The zero-order valence-electron chi connectivity index (χ0n) is 8.03. The second-order valence-corrected chi connectivity index (χ2v) is 4.09. The van der Waals surface area contributed by atoms with E-state index >= 15 is 0 Å². The van der Waals surface area contributed by atoms with Gasteiger partial charge in [-0.05, 0) is 31.0 Å². The number of amides is 1. The second-order valence-electron chi connectivity index (χ2n) is 3.66. The van der Waals surface area contributed by atoms with Gasteiger partial charge in [0.05, 0.1) is 0 Å². The van der Waals surface area contributed by atoms with E-state index in [0.29, 0.717) is 16.6 Å². The van der Waals surface area contributed by atoms with Crippen LogP contribution >= 0.6 is 11.6 Å². The largest absolute Gasteiger partial charge is 0.339 e. The number of hydrogen-bond acceptors (Lipinski definition) is 1. The van der Waals surface area contributed by atoms with Crippen LogP contribution in [0, 0.1) is 0 Å². The fourth-order valence-corrected chi connectivity index (χ4v) is 1.64. The SMILES string of the molecule is CN(C(=O)c1cccc(Cl)c1)C1CC1. The molecule has 0 radical (unpaired) electrons. The molecule has 74 valence electrons. The summed E-state index contributed by atoms with van der Waals surface area (Å²) in [5, 5.41) is 0.611. The van der Waals surface area contributed by atoms with Crippen LogP contribution in [-0.2, 0) is 0 Å². The van der Waals surface area contributed by atoms with E-state index in [2.05, 4.69) is 0 Å². The molecule has 0 bridgehead atoms. The van der Waals surface area contributed by atoms with Crippen LogP contribution in [0.25, 0.3) is 0 Å². The summed E-state index contributed by atoms with van der Waals surface area (Å²) in [5.74, 6) is 0.0648. The van der Waals surface area contributed by atoms with Gasteiger partial charge in [0.25, 0.3) is 5.91 Å². The third kappa shape index (κ3) is 1.90. The molecule has 1 aliphatic rings. The summed E-state index contributed by atoms with van der Waals surface area (Å²) in [4.78, 5) is 13.6. The molecule has 0 aromatic heterocycles. The lowest BCUT2D eigenvalue weighted by Gasteiger charge is -2.16. The van der Waals surface area contributed by atoms with Crippen LogP contribution in [0.15, 0.2) is 24.3 Å². The number of hydrogen-bond donors (Lipinski definition) is 0. The Hall–Kier alpha value is -1.02. The van der Waals surface area contributed by atoms with E-state index in [-0.39, 0.29) is 5.91 Å². The summed E-state index contributed by atoms with van der Waals surface area (Å²) >= 11 is 5.82. The summed E-state index contributed by atoms with van der Waals surface area (Å²) < 4.78 is 0. The van der Waals surface area contributed by atoms with Gasteiger partial charge in [-0.1, -0.05) is 17.7 Å². The molecule has 0 spiro atoms. The minimum absolute atomic E-state index is 0.0648. The highest BCUT2D eigenvalue weighted by atomic mass is 35.5. The van der Waals surface area contributed by atoms with Gasteiger partial charge in [0.15, 0.2) is 0 Å². The van der Waals surface area contributed by atoms with E-state index in [0.717, 1.165) is 12.8 Å². The number of carbonyl (C=O) groups excluding carboxylic acids is 1. The first-order valence-corrected chi connectivity index (χ1v) is 5.09. The molecule has 1 aliphatic carbocycles. The Morgan fingerprint density at radius 1 is 1.50 bits per heavy atom. The molecule has 0 unspecified atom stereocenters. The molecule has 1 saturated carbocycles. The number of rotatable bonds is 2. The molecule has 1 amide bonds. The smallest absolute Gasteiger partial charge is 0.253 e.